The first kappa shape index (κ1) is 16.2. The van der Waals surface area contributed by atoms with Crippen molar-refractivity contribution in [2.24, 2.45) is 5.10 Å². The molecule has 0 fully saturated rings. The standard InChI is InChI=1S/C15H23N5O2/c1-11-10-12(2)20(19-11)9-3-8-16-14(21)6-4-13-5-7-15(22)18-17-13/h10H,3-9H2,1-2H3,(H,16,21)(H,18,22). The molecule has 0 unspecified atom stereocenters. The van der Waals surface area contributed by atoms with Crippen LogP contribution in [0, 0.1) is 13.8 Å². The van der Waals surface area contributed by atoms with Crippen LogP contribution in [-0.4, -0.2) is 33.9 Å². The van der Waals surface area contributed by atoms with Crippen molar-refractivity contribution in [2.45, 2.75) is 52.5 Å². The van der Waals surface area contributed by atoms with Gasteiger partial charge in [-0.2, -0.15) is 10.2 Å². The highest BCUT2D eigenvalue weighted by Crippen LogP contribution is 2.05. The van der Waals surface area contributed by atoms with Crippen LogP contribution in [0.3, 0.4) is 0 Å². The number of hydrogen-bond acceptors (Lipinski definition) is 4. The van der Waals surface area contributed by atoms with Crippen LogP contribution >= 0.6 is 0 Å². The van der Waals surface area contributed by atoms with E-state index < -0.39 is 0 Å². The average Bonchev–Trinajstić information content (AvgIpc) is 2.81. The first-order chi connectivity index (χ1) is 10.5. The number of hydrogen-bond donors (Lipinski definition) is 2. The van der Waals surface area contributed by atoms with Gasteiger partial charge in [0, 0.05) is 37.3 Å². The van der Waals surface area contributed by atoms with Crippen molar-refractivity contribution in [1.29, 1.82) is 0 Å². The Morgan fingerprint density at radius 1 is 1.41 bits per heavy atom. The number of nitrogens with zero attached hydrogens (tertiary/aromatic N) is 3. The zero-order chi connectivity index (χ0) is 15.9. The molecule has 7 heteroatoms. The van der Waals surface area contributed by atoms with Gasteiger partial charge in [-0.1, -0.05) is 0 Å². The second kappa shape index (κ2) is 7.72. The van der Waals surface area contributed by atoms with E-state index in [0.717, 1.165) is 30.1 Å². The molecule has 0 spiro atoms. The minimum Gasteiger partial charge on any atom is -0.356 e. The molecule has 2 heterocycles. The molecule has 0 radical (unpaired) electrons. The molecule has 1 aromatic rings. The molecule has 2 N–H and O–H groups in total. The Kier molecular flexibility index (Phi) is 5.68. The van der Waals surface area contributed by atoms with Crippen molar-refractivity contribution in [3.63, 3.8) is 0 Å². The number of carbonyl (C=O) groups is 2. The summed E-state index contributed by atoms with van der Waals surface area (Å²) in [5, 5.41) is 11.2. The largest absolute Gasteiger partial charge is 0.356 e. The molecule has 0 saturated carbocycles. The summed E-state index contributed by atoms with van der Waals surface area (Å²) >= 11 is 0. The van der Waals surface area contributed by atoms with Gasteiger partial charge in [-0.25, -0.2) is 5.43 Å². The van der Waals surface area contributed by atoms with E-state index >= 15 is 0 Å². The smallest absolute Gasteiger partial charge is 0.240 e. The Balaban J connectivity index is 1.60. The summed E-state index contributed by atoms with van der Waals surface area (Å²) in [5.74, 6) is -0.0367. The normalized spacial score (nSPS) is 14.5. The Hall–Kier alpha value is -2.18. The van der Waals surface area contributed by atoms with Gasteiger partial charge in [0.2, 0.25) is 11.8 Å². The van der Waals surface area contributed by atoms with Crippen LogP contribution in [0.5, 0.6) is 0 Å². The topological polar surface area (TPSA) is 88.4 Å². The molecule has 0 saturated heterocycles. The lowest BCUT2D eigenvalue weighted by Gasteiger charge is -2.11. The Morgan fingerprint density at radius 2 is 2.23 bits per heavy atom. The Labute approximate surface area is 130 Å². The average molecular weight is 305 g/mol. The van der Waals surface area contributed by atoms with Crippen LogP contribution in [0.15, 0.2) is 11.2 Å². The van der Waals surface area contributed by atoms with Crippen LogP contribution in [0.1, 0.15) is 43.5 Å². The third-order valence-corrected chi connectivity index (χ3v) is 3.59. The molecule has 2 rings (SSSR count). The van der Waals surface area contributed by atoms with E-state index in [1.807, 2.05) is 24.6 Å². The van der Waals surface area contributed by atoms with Crippen molar-refractivity contribution >= 4 is 17.5 Å². The monoisotopic (exact) mass is 305 g/mol. The first-order valence-corrected chi connectivity index (χ1v) is 7.66. The van der Waals surface area contributed by atoms with E-state index in [2.05, 4.69) is 20.9 Å². The Morgan fingerprint density at radius 3 is 2.86 bits per heavy atom. The second-order valence-electron chi connectivity index (χ2n) is 5.57. The third-order valence-electron chi connectivity index (χ3n) is 3.59. The summed E-state index contributed by atoms with van der Waals surface area (Å²) in [5.41, 5.74) is 5.48. The maximum Gasteiger partial charge on any atom is 0.240 e. The lowest BCUT2D eigenvalue weighted by atomic mass is 10.1. The number of amides is 2. The maximum atomic E-state index is 11.8. The van der Waals surface area contributed by atoms with Crippen LogP contribution in [0.2, 0.25) is 0 Å². The highest BCUT2D eigenvalue weighted by atomic mass is 16.2. The third kappa shape index (κ3) is 4.98. The fourth-order valence-corrected chi connectivity index (χ4v) is 2.40. The number of carbonyl (C=O) groups excluding carboxylic acids is 2. The van der Waals surface area contributed by atoms with Gasteiger partial charge >= 0.3 is 0 Å². The summed E-state index contributed by atoms with van der Waals surface area (Å²) in [4.78, 5) is 22.7. The second-order valence-corrected chi connectivity index (χ2v) is 5.57. The molecule has 1 aliphatic heterocycles. The van der Waals surface area contributed by atoms with Crippen molar-refractivity contribution in [2.75, 3.05) is 6.54 Å². The molecule has 0 aliphatic carbocycles. The van der Waals surface area contributed by atoms with Gasteiger partial charge in [0.1, 0.15) is 0 Å². The Bertz CT molecular complexity index is 576. The molecule has 1 aromatic heterocycles. The lowest BCUT2D eigenvalue weighted by Crippen LogP contribution is -2.28. The molecule has 22 heavy (non-hydrogen) atoms. The molecule has 2 amide bonds. The number of aryl methyl sites for hydroxylation is 3. The zero-order valence-corrected chi connectivity index (χ0v) is 13.2. The molecule has 1 aliphatic rings. The van der Waals surface area contributed by atoms with Crippen LogP contribution < -0.4 is 10.7 Å². The van der Waals surface area contributed by atoms with E-state index in [1.54, 1.807) is 0 Å². The number of nitrogens with one attached hydrogen (secondary N) is 2. The summed E-state index contributed by atoms with van der Waals surface area (Å²) in [6.45, 7) is 5.45. The highest BCUT2D eigenvalue weighted by Gasteiger charge is 2.12. The summed E-state index contributed by atoms with van der Waals surface area (Å²) < 4.78 is 1.96. The molecule has 120 valence electrons. The van der Waals surface area contributed by atoms with Gasteiger partial charge in [-0.05, 0) is 39.2 Å². The zero-order valence-electron chi connectivity index (χ0n) is 13.2. The van der Waals surface area contributed by atoms with E-state index in [4.69, 9.17) is 0 Å². The fraction of sp³-hybridized carbons (Fsp3) is 0.600. The highest BCUT2D eigenvalue weighted by molar-refractivity contribution is 5.94. The van der Waals surface area contributed by atoms with Gasteiger partial charge in [0.15, 0.2) is 0 Å². The molecular formula is C15H23N5O2. The van der Waals surface area contributed by atoms with E-state index in [-0.39, 0.29) is 11.8 Å². The fourth-order valence-electron chi connectivity index (χ4n) is 2.40. The van der Waals surface area contributed by atoms with Crippen molar-refractivity contribution in [3.8, 4) is 0 Å². The molecule has 0 aromatic carbocycles. The minimum atomic E-state index is -0.0580. The van der Waals surface area contributed by atoms with E-state index in [1.165, 1.54) is 0 Å². The molecular weight excluding hydrogens is 282 g/mol. The van der Waals surface area contributed by atoms with Gasteiger partial charge < -0.3 is 5.32 Å². The minimum absolute atomic E-state index is 0.0213. The number of rotatable bonds is 7. The van der Waals surface area contributed by atoms with E-state index in [0.29, 0.717) is 32.2 Å². The molecule has 7 nitrogen and oxygen atoms in total. The van der Waals surface area contributed by atoms with Crippen molar-refractivity contribution in [3.05, 3.63) is 17.5 Å². The first-order valence-electron chi connectivity index (χ1n) is 7.66. The van der Waals surface area contributed by atoms with Crippen LogP contribution in [0.25, 0.3) is 0 Å². The number of hydrazone groups is 1. The predicted octanol–water partition coefficient (Wildman–Crippen LogP) is 1.05. The summed E-state index contributed by atoms with van der Waals surface area (Å²) in [6.07, 6.45) is 2.98. The quantitative estimate of drug-likeness (QED) is 0.738. The van der Waals surface area contributed by atoms with E-state index in [9.17, 15) is 9.59 Å². The van der Waals surface area contributed by atoms with Crippen LogP contribution in [-0.2, 0) is 16.1 Å². The van der Waals surface area contributed by atoms with Gasteiger partial charge in [0.25, 0.3) is 0 Å². The van der Waals surface area contributed by atoms with Crippen LogP contribution in [0.4, 0.5) is 0 Å². The van der Waals surface area contributed by atoms with Crippen molar-refractivity contribution < 1.29 is 9.59 Å². The summed E-state index contributed by atoms with van der Waals surface area (Å²) in [6, 6.07) is 2.04. The van der Waals surface area contributed by atoms with Crippen molar-refractivity contribution in [1.82, 2.24) is 20.5 Å². The van der Waals surface area contributed by atoms with Gasteiger partial charge in [-0.15, -0.1) is 0 Å². The lowest BCUT2D eigenvalue weighted by molar-refractivity contribution is -0.121. The summed E-state index contributed by atoms with van der Waals surface area (Å²) in [7, 11) is 0. The molecule has 0 atom stereocenters. The number of aromatic nitrogens is 2. The van der Waals surface area contributed by atoms with Gasteiger partial charge in [-0.3, -0.25) is 14.3 Å². The SMILES string of the molecule is Cc1cc(C)n(CCCNC(=O)CCC2=NNC(=O)CC2)n1. The maximum absolute atomic E-state index is 11.8. The predicted molar refractivity (Wildman–Crippen MR) is 83.4 cm³/mol. The molecule has 0 bridgehead atoms. The van der Waals surface area contributed by atoms with Gasteiger partial charge in [0.05, 0.1) is 5.69 Å².